The van der Waals surface area contributed by atoms with E-state index in [9.17, 15) is 14.3 Å². The van der Waals surface area contributed by atoms with Crippen LogP contribution in [0.3, 0.4) is 0 Å². The van der Waals surface area contributed by atoms with Crippen LogP contribution in [0, 0.1) is 11.7 Å². The van der Waals surface area contributed by atoms with Crippen LogP contribution in [-0.4, -0.2) is 17.7 Å². The first kappa shape index (κ1) is 11.5. The Kier molecular flexibility index (Phi) is 2.37. The molecule has 3 rings (SSSR count). The molecule has 4 heteroatoms. The molecule has 18 heavy (non-hydrogen) atoms. The molecule has 0 bridgehead atoms. The van der Waals surface area contributed by atoms with Gasteiger partial charge in [-0.3, -0.25) is 4.79 Å². The normalized spacial score (nSPS) is 28.2. The van der Waals surface area contributed by atoms with E-state index in [4.69, 9.17) is 4.74 Å². The molecular weight excluding hydrogens is 235 g/mol. The number of ether oxygens (including phenoxy) is 1. The molecule has 96 valence electrons. The first-order valence-electron chi connectivity index (χ1n) is 6.27. The number of hydrogen-bond donors (Lipinski definition) is 1. The average Bonchev–Trinajstić information content (AvgIpc) is 2.94. The van der Waals surface area contributed by atoms with Crippen molar-refractivity contribution in [2.75, 3.05) is 6.61 Å². The number of hydrogen-bond acceptors (Lipinski definition) is 3. The largest absolute Gasteiger partial charge is 0.505 e. The van der Waals surface area contributed by atoms with E-state index in [1.165, 1.54) is 6.07 Å². The quantitative estimate of drug-likeness (QED) is 0.819. The molecule has 1 saturated carbocycles. The van der Waals surface area contributed by atoms with Crippen LogP contribution in [0.4, 0.5) is 4.39 Å². The molecule has 0 aliphatic heterocycles. The third kappa shape index (κ3) is 1.38. The van der Waals surface area contributed by atoms with Crippen molar-refractivity contribution in [2.45, 2.75) is 31.6 Å². The number of fused-ring (bicyclic) bond motifs is 2. The first-order valence-corrected chi connectivity index (χ1v) is 6.27. The van der Waals surface area contributed by atoms with Gasteiger partial charge in [0.05, 0.1) is 12.5 Å². The van der Waals surface area contributed by atoms with Crippen molar-refractivity contribution < 1.29 is 19.0 Å². The fourth-order valence-corrected chi connectivity index (χ4v) is 3.24. The predicted octanol–water partition coefficient (Wildman–Crippen LogP) is 2.30. The van der Waals surface area contributed by atoms with Crippen molar-refractivity contribution in [3.63, 3.8) is 0 Å². The highest BCUT2D eigenvalue weighted by atomic mass is 19.1. The van der Waals surface area contributed by atoms with Crippen molar-refractivity contribution >= 4 is 5.97 Å². The van der Waals surface area contributed by atoms with Gasteiger partial charge in [0.25, 0.3) is 0 Å². The number of carbonyl (C=O) groups excluding carboxylic acids is 1. The van der Waals surface area contributed by atoms with E-state index in [0.29, 0.717) is 18.6 Å². The second kappa shape index (κ2) is 3.70. The van der Waals surface area contributed by atoms with Gasteiger partial charge in [-0.15, -0.1) is 0 Å². The summed E-state index contributed by atoms with van der Waals surface area (Å²) >= 11 is 0. The molecule has 3 nitrogen and oxygen atoms in total. The number of halogens is 1. The van der Waals surface area contributed by atoms with Gasteiger partial charge in [-0.2, -0.15) is 0 Å². The SMILES string of the molecule is CCOC(=O)[C@H]1C[C@@]12CCc1ccc(O)c(F)c12. The van der Waals surface area contributed by atoms with E-state index >= 15 is 0 Å². The van der Waals surface area contributed by atoms with Crippen molar-refractivity contribution in [1.82, 2.24) is 0 Å². The van der Waals surface area contributed by atoms with Gasteiger partial charge in [-0.25, -0.2) is 4.39 Å². The summed E-state index contributed by atoms with van der Waals surface area (Å²) in [4.78, 5) is 11.8. The van der Waals surface area contributed by atoms with Gasteiger partial charge >= 0.3 is 5.97 Å². The monoisotopic (exact) mass is 250 g/mol. The molecule has 0 aromatic heterocycles. The Morgan fingerprint density at radius 1 is 1.61 bits per heavy atom. The number of benzene rings is 1. The fraction of sp³-hybridized carbons (Fsp3) is 0.500. The Labute approximate surface area is 105 Å². The molecule has 0 unspecified atom stereocenters. The maximum absolute atomic E-state index is 14.1. The number of phenols is 1. The lowest BCUT2D eigenvalue weighted by atomic mass is 9.94. The fourth-order valence-electron chi connectivity index (χ4n) is 3.24. The third-order valence-corrected chi connectivity index (χ3v) is 4.19. The Morgan fingerprint density at radius 2 is 2.39 bits per heavy atom. The Bertz CT molecular complexity index is 526. The first-order chi connectivity index (χ1) is 8.60. The third-order valence-electron chi connectivity index (χ3n) is 4.19. The summed E-state index contributed by atoms with van der Waals surface area (Å²) in [5.41, 5.74) is 1.04. The lowest BCUT2D eigenvalue weighted by Crippen LogP contribution is -2.16. The molecule has 1 aromatic rings. The molecule has 1 fully saturated rings. The smallest absolute Gasteiger partial charge is 0.309 e. The van der Waals surface area contributed by atoms with Crippen LogP contribution >= 0.6 is 0 Å². The van der Waals surface area contributed by atoms with Crippen LogP contribution in [0.15, 0.2) is 12.1 Å². The summed E-state index contributed by atoms with van der Waals surface area (Å²) in [5.74, 6) is -1.37. The van der Waals surface area contributed by atoms with E-state index in [0.717, 1.165) is 18.4 Å². The van der Waals surface area contributed by atoms with Crippen LogP contribution in [0.1, 0.15) is 30.9 Å². The van der Waals surface area contributed by atoms with E-state index in [1.54, 1.807) is 13.0 Å². The summed E-state index contributed by atoms with van der Waals surface area (Å²) in [6.07, 6.45) is 2.17. The maximum Gasteiger partial charge on any atom is 0.309 e. The zero-order chi connectivity index (χ0) is 12.9. The molecule has 2 atom stereocenters. The lowest BCUT2D eigenvalue weighted by molar-refractivity contribution is -0.145. The maximum atomic E-state index is 14.1. The van der Waals surface area contributed by atoms with Crippen molar-refractivity contribution in [2.24, 2.45) is 5.92 Å². The van der Waals surface area contributed by atoms with Gasteiger partial charge in [0, 0.05) is 11.0 Å². The van der Waals surface area contributed by atoms with E-state index in [2.05, 4.69) is 0 Å². The number of aromatic hydroxyl groups is 1. The topological polar surface area (TPSA) is 46.5 Å². The average molecular weight is 250 g/mol. The van der Waals surface area contributed by atoms with E-state index in [1.807, 2.05) is 0 Å². The number of carbonyl (C=O) groups is 1. The van der Waals surface area contributed by atoms with Crippen molar-refractivity contribution in [3.05, 3.63) is 29.1 Å². The molecule has 1 N–H and O–H groups in total. The van der Waals surface area contributed by atoms with Crippen LogP contribution in [0.2, 0.25) is 0 Å². The summed E-state index contributed by atoms with van der Waals surface area (Å²) in [5, 5.41) is 9.48. The molecule has 0 heterocycles. The molecule has 0 saturated heterocycles. The van der Waals surface area contributed by atoms with Gasteiger partial charge in [0.15, 0.2) is 11.6 Å². The summed E-state index contributed by atoms with van der Waals surface area (Å²) in [6, 6.07) is 3.14. The zero-order valence-electron chi connectivity index (χ0n) is 10.2. The highest BCUT2D eigenvalue weighted by Gasteiger charge is 2.63. The molecule has 2 aliphatic carbocycles. The van der Waals surface area contributed by atoms with Gasteiger partial charge in [-0.05, 0) is 37.8 Å². The Balaban J connectivity index is 1.97. The summed E-state index contributed by atoms with van der Waals surface area (Å²) in [7, 11) is 0. The second-order valence-electron chi connectivity index (χ2n) is 5.10. The van der Waals surface area contributed by atoms with Crippen LogP contribution in [0.25, 0.3) is 0 Å². The van der Waals surface area contributed by atoms with Crippen LogP contribution in [-0.2, 0) is 21.4 Å². The number of rotatable bonds is 2. The summed E-state index contributed by atoms with van der Waals surface area (Å²) < 4.78 is 19.1. The predicted molar refractivity (Wildman–Crippen MR) is 62.8 cm³/mol. The van der Waals surface area contributed by atoms with Gasteiger partial charge in [0.1, 0.15) is 0 Å². The Hall–Kier alpha value is -1.58. The van der Waals surface area contributed by atoms with Crippen LogP contribution < -0.4 is 0 Å². The zero-order valence-corrected chi connectivity index (χ0v) is 10.2. The highest BCUT2D eigenvalue weighted by molar-refractivity contribution is 5.80. The highest BCUT2D eigenvalue weighted by Crippen LogP contribution is 2.63. The molecule has 2 aliphatic rings. The molecule has 0 radical (unpaired) electrons. The minimum Gasteiger partial charge on any atom is -0.505 e. The van der Waals surface area contributed by atoms with Crippen LogP contribution in [0.5, 0.6) is 5.75 Å². The summed E-state index contributed by atoms with van der Waals surface area (Å²) in [6.45, 7) is 2.11. The standard InChI is InChI=1S/C14H15FO3/c1-2-18-13(17)9-7-14(9)6-5-8-3-4-10(16)12(15)11(8)14/h3-4,9,16H,2,5-7H2,1H3/t9-,14+/m1/s1. The minimum absolute atomic E-state index is 0.241. The second-order valence-corrected chi connectivity index (χ2v) is 5.10. The lowest BCUT2D eigenvalue weighted by Gasteiger charge is -2.12. The molecule has 0 amide bonds. The van der Waals surface area contributed by atoms with E-state index in [-0.39, 0.29) is 17.6 Å². The molecule has 1 spiro atoms. The number of esters is 1. The number of phenolic OH excluding ortho intramolecular Hbond substituents is 1. The number of aryl methyl sites for hydroxylation is 1. The van der Waals surface area contributed by atoms with E-state index < -0.39 is 11.2 Å². The molecule has 1 aromatic carbocycles. The van der Waals surface area contributed by atoms with Gasteiger partial charge < -0.3 is 9.84 Å². The molecular formula is C14H15FO3. The Morgan fingerprint density at radius 3 is 3.11 bits per heavy atom. The van der Waals surface area contributed by atoms with Gasteiger partial charge in [-0.1, -0.05) is 6.07 Å². The minimum atomic E-state index is -0.559. The van der Waals surface area contributed by atoms with Crippen molar-refractivity contribution in [3.8, 4) is 5.75 Å². The van der Waals surface area contributed by atoms with Gasteiger partial charge in [0.2, 0.25) is 0 Å². The van der Waals surface area contributed by atoms with Crippen molar-refractivity contribution in [1.29, 1.82) is 0 Å².